The third kappa shape index (κ3) is 3.33. The molecule has 1 fully saturated rings. The summed E-state index contributed by atoms with van der Waals surface area (Å²) in [5.41, 5.74) is 5.94. The quantitative estimate of drug-likeness (QED) is 0.780. The summed E-state index contributed by atoms with van der Waals surface area (Å²) in [5.74, 6) is -1.55. The standard InChI is InChI=1S/C13H18N2O3S/c14-9-5-2-1-4-8(9)12(16)15-11(13(17)18)10-6-3-7-19-10/h3,6-9,11H,1-2,4-5,14H2,(H,15,16)(H,17,18). The van der Waals surface area contributed by atoms with E-state index < -0.39 is 12.0 Å². The van der Waals surface area contributed by atoms with E-state index in [1.165, 1.54) is 11.3 Å². The number of carboxylic acids is 1. The van der Waals surface area contributed by atoms with Gasteiger partial charge in [-0.2, -0.15) is 0 Å². The number of aliphatic carboxylic acids is 1. The molecule has 3 unspecified atom stereocenters. The topological polar surface area (TPSA) is 92.4 Å². The highest BCUT2D eigenvalue weighted by atomic mass is 32.1. The van der Waals surface area contributed by atoms with E-state index in [1.807, 2.05) is 0 Å². The van der Waals surface area contributed by atoms with Gasteiger partial charge in [-0.3, -0.25) is 4.79 Å². The Labute approximate surface area is 115 Å². The molecule has 3 atom stereocenters. The molecule has 0 bridgehead atoms. The Balaban J connectivity index is 2.05. The first-order valence-corrected chi connectivity index (χ1v) is 7.29. The molecule has 0 radical (unpaired) electrons. The van der Waals surface area contributed by atoms with Crippen LogP contribution in [0.15, 0.2) is 17.5 Å². The lowest BCUT2D eigenvalue weighted by molar-refractivity contribution is -0.142. The summed E-state index contributed by atoms with van der Waals surface area (Å²) in [6.45, 7) is 0. The van der Waals surface area contributed by atoms with E-state index in [-0.39, 0.29) is 17.9 Å². The van der Waals surface area contributed by atoms with Gasteiger partial charge in [0.15, 0.2) is 6.04 Å². The fraction of sp³-hybridized carbons (Fsp3) is 0.538. The molecule has 0 aromatic carbocycles. The van der Waals surface area contributed by atoms with Crippen molar-refractivity contribution in [2.45, 2.75) is 37.8 Å². The van der Waals surface area contributed by atoms with Gasteiger partial charge in [0.05, 0.1) is 5.92 Å². The van der Waals surface area contributed by atoms with Crippen molar-refractivity contribution in [1.29, 1.82) is 0 Å². The lowest BCUT2D eigenvalue weighted by Crippen LogP contribution is -2.45. The molecule has 2 rings (SSSR count). The molecule has 1 amide bonds. The number of carbonyl (C=O) groups is 2. The van der Waals surface area contributed by atoms with E-state index in [0.717, 1.165) is 25.7 Å². The van der Waals surface area contributed by atoms with E-state index in [9.17, 15) is 14.7 Å². The number of carbonyl (C=O) groups excluding carboxylic acids is 1. The van der Waals surface area contributed by atoms with Crippen LogP contribution in [0.3, 0.4) is 0 Å². The number of carboxylic acid groups (broad SMARTS) is 1. The highest BCUT2D eigenvalue weighted by Crippen LogP contribution is 2.25. The molecule has 0 spiro atoms. The van der Waals surface area contributed by atoms with Crippen LogP contribution in [0.4, 0.5) is 0 Å². The van der Waals surface area contributed by atoms with Crippen LogP contribution < -0.4 is 11.1 Å². The van der Waals surface area contributed by atoms with Crippen molar-refractivity contribution < 1.29 is 14.7 Å². The number of nitrogens with two attached hydrogens (primary N) is 1. The van der Waals surface area contributed by atoms with Gasteiger partial charge in [0.1, 0.15) is 0 Å². The van der Waals surface area contributed by atoms with Gasteiger partial charge in [0.25, 0.3) is 0 Å². The van der Waals surface area contributed by atoms with E-state index in [2.05, 4.69) is 5.32 Å². The van der Waals surface area contributed by atoms with Gasteiger partial charge >= 0.3 is 5.97 Å². The molecular formula is C13H18N2O3S. The van der Waals surface area contributed by atoms with Crippen LogP contribution in [0.5, 0.6) is 0 Å². The minimum absolute atomic E-state index is 0.161. The minimum Gasteiger partial charge on any atom is -0.479 e. The van der Waals surface area contributed by atoms with Gasteiger partial charge in [0, 0.05) is 10.9 Å². The number of amides is 1. The van der Waals surface area contributed by atoms with Crippen molar-refractivity contribution in [1.82, 2.24) is 5.32 Å². The van der Waals surface area contributed by atoms with Crippen LogP contribution in [0, 0.1) is 5.92 Å². The molecule has 104 valence electrons. The fourth-order valence-electron chi connectivity index (χ4n) is 2.44. The molecule has 5 nitrogen and oxygen atoms in total. The van der Waals surface area contributed by atoms with Gasteiger partial charge in [0.2, 0.25) is 5.91 Å². The predicted molar refractivity (Wildman–Crippen MR) is 72.8 cm³/mol. The third-order valence-corrected chi connectivity index (χ3v) is 4.45. The summed E-state index contributed by atoms with van der Waals surface area (Å²) in [4.78, 5) is 24.1. The maximum atomic E-state index is 12.2. The van der Waals surface area contributed by atoms with Crippen molar-refractivity contribution in [3.63, 3.8) is 0 Å². The van der Waals surface area contributed by atoms with Crippen LogP contribution in [0.2, 0.25) is 0 Å². The average molecular weight is 282 g/mol. The smallest absolute Gasteiger partial charge is 0.331 e. The van der Waals surface area contributed by atoms with Crippen molar-refractivity contribution in [3.05, 3.63) is 22.4 Å². The van der Waals surface area contributed by atoms with E-state index >= 15 is 0 Å². The Morgan fingerprint density at radius 1 is 1.42 bits per heavy atom. The van der Waals surface area contributed by atoms with Crippen molar-refractivity contribution in [3.8, 4) is 0 Å². The summed E-state index contributed by atoms with van der Waals surface area (Å²) in [7, 11) is 0. The minimum atomic E-state index is -1.04. The molecular weight excluding hydrogens is 264 g/mol. The molecule has 1 heterocycles. The van der Waals surface area contributed by atoms with Crippen molar-refractivity contribution >= 4 is 23.2 Å². The molecule has 0 saturated heterocycles. The van der Waals surface area contributed by atoms with Gasteiger partial charge < -0.3 is 16.2 Å². The zero-order valence-electron chi connectivity index (χ0n) is 10.5. The SMILES string of the molecule is NC1CCCCC1C(=O)NC(C(=O)O)c1cccs1. The maximum Gasteiger partial charge on any atom is 0.331 e. The molecule has 1 aromatic heterocycles. The molecule has 1 aliphatic rings. The van der Waals surface area contributed by atoms with Crippen LogP contribution in [-0.4, -0.2) is 23.0 Å². The predicted octanol–water partition coefficient (Wildman–Crippen LogP) is 1.51. The highest BCUT2D eigenvalue weighted by Gasteiger charge is 2.31. The Morgan fingerprint density at radius 3 is 2.74 bits per heavy atom. The van der Waals surface area contributed by atoms with Crippen molar-refractivity contribution in [2.75, 3.05) is 0 Å². The van der Waals surface area contributed by atoms with E-state index in [4.69, 9.17) is 5.73 Å². The Morgan fingerprint density at radius 2 is 2.16 bits per heavy atom. The first-order valence-electron chi connectivity index (χ1n) is 6.41. The monoisotopic (exact) mass is 282 g/mol. The lowest BCUT2D eigenvalue weighted by Gasteiger charge is -2.28. The van der Waals surface area contributed by atoms with Gasteiger partial charge in [-0.25, -0.2) is 4.79 Å². The third-order valence-electron chi connectivity index (χ3n) is 3.52. The number of nitrogens with one attached hydrogen (secondary N) is 1. The van der Waals surface area contributed by atoms with Gasteiger partial charge in [-0.05, 0) is 24.3 Å². The summed E-state index contributed by atoms with van der Waals surface area (Å²) < 4.78 is 0. The van der Waals surface area contributed by atoms with Crippen LogP contribution in [0.25, 0.3) is 0 Å². The lowest BCUT2D eigenvalue weighted by atomic mass is 9.84. The summed E-state index contributed by atoms with van der Waals surface area (Å²) in [5, 5.41) is 13.6. The molecule has 1 aromatic rings. The summed E-state index contributed by atoms with van der Waals surface area (Å²) in [6, 6.07) is 2.35. The zero-order valence-corrected chi connectivity index (χ0v) is 11.4. The highest BCUT2D eigenvalue weighted by molar-refractivity contribution is 7.10. The second kappa shape index (κ2) is 6.16. The first-order chi connectivity index (χ1) is 9.09. The average Bonchev–Trinajstić information content (AvgIpc) is 2.89. The van der Waals surface area contributed by atoms with Gasteiger partial charge in [-0.1, -0.05) is 18.9 Å². The number of hydrogen-bond donors (Lipinski definition) is 3. The van der Waals surface area contributed by atoms with Crippen molar-refractivity contribution in [2.24, 2.45) is 11.7 Å². The molecule has 1 saturated carbocycles. The Bertz CT molecular complexity index is 447. The summed E-state index contributed by atoms with van der Waals surface area (Å²) >= 11 is 1.32. The first kappa shape index (κ1) is 14.0. The van der Waals surface area contributed by atoms with Gasteiger partial charge in [-0.15, -0.1) is 11.3 Å². The maximum absolute atomic E-state index is 12.2. The Hall–Kier alpha value is -1.40. The summed E-state index contributed by atoms with van der Waals surface area (Å²) in [6.07, 6.45) is 3.58. The number of thiophene rings is 1. The Kier molecular flexibility index (Phi) is 4.55. The number of hydrogen-bond acceptors (Lipinski definition) is 4. The molecule has 6 heteroatoms. The van der Waals surface area contributed by atoms with Crippen LogP contribution >= 0.6 is 11.3 Å². The molecule has 0 aliphatic heterocycles. The second-order valence-electron chi connectivity index (χ2n) is 4.85. The van der Waals surface area contributed by atoms with Crippen LogP contribution in [-0.2, 0) is 9.59 Å². The number of rotatable bonds is 4. The normalized spacial score (nSPS) is 24.7. The second-order valence-corrected chi connectivity index (χ2v) is 5.83. The zero-order chi connectivity index (χ0) is 13.8. The molecule has 1 aliphatic carbocycles. The fourth-order valence-corrected chi connectivity index (χ4v) is 3.21. The van der Waals surface area contributed by atoms with E-state index in [0.29, 0.717) is 4.88 Å². The van der Waals surface area contributed by atoms with E-state index in [1.54, 1.807) is 17.5 Å². The molecule has 4 N–H and O–H groups in total. The largest absolute Gasteiger partial charge is 0.479 e. The van der Waals surface area contributed by atoms with Crippen LogP contribution in [0.1, 0.15) is 36.6 Å². The molecule has 19 heavy (non-hydrogen) atoms.